The maximum absolute atomic E-state index is 3.56. The molecule has 2 nitrogen and oxygen atoms in total. The summed E-state index contributed by atoms with van der Waals surface area (Å²) >= 11 is 0. The van der Waals surface area contributed by atoms with Crippen molar-refractivity contribution in [3.8, 4) is 0 Å². The lowest BCUT2D eigenvalue weighted by molar-refractivity contribution is 0.612. The average Bonchev–Trinajstić information content (AvgIpc) is 2.65. The highest BCUT2D eigenvalue weighted by molar-refractivity contribution is 5.46. The van der Waals surface area contributed by atoms with Crippen molar-refractivity contribution in [3.05, 3.63) is 29.8 Å². The van der Waals surface area contributed by atoms with E-state index in [0.717, 1.165) is 12.5 Å². The van der Waals surface area contributed by atoms with Gasteiger partial charge in [0.05, 0.1) is 0 Å². The Bertz CT molecular complexity index is 316. The lowest BCUT2D eigenvalue weighted by atomic mass is 10.0. The molecule has 2 heteroatoms. The van der Waals surface area contributed by atoms with Crippen molar-refractivity contribution >= 4 is 5.69 Å². The van der Waals surface area contributed by atoms with Crippen molar-refractivity contribution in [1.29, 1.82) is 0 Å². The molecule has 1 aromatic rings. The maximum Gasteiger partial charge on any atom is 0.0361 e. The third-order valence-corrected chi connectivity index (χ3v) is 3.16. The Kier molecular flexibility index (Phi) is 2.96. The first-order valence-corrected chi connectivity index (χ1v) is 5.67. The largest absolute Gasteiger partial charge is 0.378 e. The number of anilines is 1. The van der Waals surface area contributed by atoms with Crippen LogP contribution in [0.1, 0.15) is 24.9 Å². The number of nitrogens with one attached hydrogen (secondary N) is 1. The number of hydrogen-bond donors (Lipinski definition) is 1. The molecule has 1 heterocycles. The summed E-state index contributed by atoms with van der Waals surface area (Å²) in [6, 6.07) is 9.44. The fourth-order valence-corrected chi connectivity index (χ4v) is 2.17. The van der Waals surface area contributed by atoms with Crippen LogP contribution in [-0.2, 0) is 0 Å². The van der Waals surface area contributed by atoms with Crippen LogP contribution < -0.4 is 10.2 Å². The van der Waals surface area contributed by atoms with Gasteiger partial charge in [-0.15, -0.1) is 0 Å². The Morgan fingerprint density at radius 3 is 2.33 bits per heavy atom. The van der Waals surface area contributed by atoms with E-state index >= 15 is 0 Å². The molecule has 0 unspecified atom stereocenters. The zero-order valence-corrected chi connectivity index (χ0v) is 9.83. The SMILES string of the molecule is C[C@@H]1CN[C@@H](c2ccc(N(C)C)cc2)C1. The number of benzene rings is 1. The quantitative estimate of drug-likeness (QED) is 0.796. The fourth-order valence-electron chi connectivity index (χ4n) is 2.17. The second kappa shape index (κ2) is 4.23. The Morgan fingerprint density at radius 2 is 1.87 bits per heavy atom. The van der Waals surface area contributed by atoms with E-state index in [4.69, 9.17) is 0 Å². The van der Waals surface area contributed by atoms with Crippen LogP contribution in [0.2, 0.25) is 0 Å². The third-order valence-electron chi connectivity index (χ3n) is 3.16. The molecule has 0 saturated carbocycles. The second-order valence-corrected chi connectivity index (χ2v) is 4.79. The predicted octanol–water partition coefficient (Wildman–Crippen LogP) is 2.42. The molecule has 1 aromatic carbocycles. The summed E-state index contributed by atoms with van der Waals surface area (Å²) in [6.07, 6.45) is 1.27. The van der Waals surface area contributed by atoms with E-state index < -0.39 is 0 Å². The van der Waals surface area contributed by atoms with Crippen molar-refractivity contribution in [2.75, 3.05) is 25.5 Å². The summed E-state index contributed by atoms with van der Waals surface area (Å²) < 4.78 is 0. The standard InChI is InChI=1S/C13H20N2/c1-10-8-13(14-9-10)11-4-6-12(7-5-11)15(2)3/h4-7,10,13-14H,8-9H2,1-3H3/t10-,13+/m0/s1. The molecule has 0 radical (unpaired) electrons. The molecular formula is C13H20N2. The number of rotatable bonds is 2. The highest BCUT2D eigenvalue weighted by Gasteiger charge is 2.21. The van der Waals surface area contributed by atoms with Gasteiger partial charge in [0, 0.05) is 25.8 Å². The lowest BCUT2D eigenvalue weighted by Gasteiger charge is -2.15. The van der Waals surface area contributed by atoms with Gasteiger partial charge in [-0.05, 0) is 36.6 Å². The van der Waals surface area contributed by atoms with Crippen LogP contribution in [0.4, 0.5) is 5.69 Å². The van der Waals surface area contributed by atoms with Crippen LogP contribution in [-0.4, -0.2) is 20.6 Å². The van der Waals surface area contributed by atoms with Gasteiger partial charge >= 0.3 is 0 Å². The van der Waals surface area contributed by atoms with Crippen LogP contribution in [0, 0.1) is 5.92 Å². The first kappa shape index (κ1) is 10.5. The van der Waals surface area contributed by atoms with Gasteiger partial charge in [-0.1, -0.05) is 19.1 Å². The van der Waals surface area contributed by atoms with Gasteiger partial charge in [0.2, 0.25) is 0 Å². The van der Waals surface area contributed by atoms with Gasteiger partial charge < -0.3 is 10.2 Å². The minimum absolute atomic E-state index is 0.566. The molecular weight excluding hydrogens is 184 g/mol. The van der Waals surface area contributed by atoms with Crippen molar-refractivity contribution in [2.24, 2.45) is 5.92 Å². The molecule has 0 aromatic heterocycles. The van der Waals surface area contributed by atoms with Crippen molar-refractivity contribution in [2.45, 2.75) is 19.4 Å². The average molecular weight is 204 g/mol. The second-order valence-electron chi connectivity index (χ2n) is 4.79. The van der Waals surface area contributed by atoms with Gasteiger partial charge in [0.25, 0.3) is 0 Å². The van der Waals surface area contributed by atoms with Gasteiger partial charge in [0.15, 0.2) is 0 Å². The Balaban J connectivity index is 2.10. The van der Waals surface area contributed by atoms with E-state index in [1.165, 1.54) is 17.7 Å². The van der Waals surface area contributed by atoms with E-state index in [1.54, 1.807) is 0 Å². The molecule has 2 atom stereocenters. The van der Waals surface area contributed by atoms with Crippen molar-refractivity contribution < 1.29 is 0 Å². The third kappa shape index (κ3) is 2.32. The van der Waals surface area contributed by atoms with E-state index in [0.29, 0.717) is 6.04 Å². The van der Waals surface area contributed by atoms with Crippen molar-refractivity contribution in [3.63, 3.8) is 0 Å². The molecule has 0 amide bonds. The topological polar surface area (TPSA) is 15.3 Å². The van der Waals surface area contributed by atoms with Crippen LogP contribution in [0.15, 0.2) is 24.3 Å². The Morgan fingerprint density at radius 1 is 1.20 bits per heavy atom. The highest BCUT2D eigenvalue weighted by Crippen LogP contribution is 2.27. The summed E-state index contributed by atoms with van der Waals surface area (Å²) in [5.41, 5.74) is 2.69. The molecule has 0 spiro atoms. The minimum Gasteiger partial charge on any atom is -0.378 e. The zero-order valence-electron chi connectivity index (χ0n) is 9.83. The summed E-state index contributed by atoms with van der Waals surface area (Å²) in [4.78, 5) is 2.13. The van der Waals surface area contributed by atoms with Gasteiger partial charge in [0.1, 0.15) is 0 Å². The Hall–Kier alpha value is -1.02. The molecule has 1 N–H and O–H groups in total. The van der Waals surface area contributed by atoms with Gasteiger partial charge in [-0.25, -0.2) is 0 Å². The van der Waals surface area contributed by atoms with E-state index in [2.05, 4.69) is 55.5 Å². The lowest BCUT2D eigenvalue weighted by Crippen LogP contribution is -2.14. The molecule has 1 fully saturated rings. The molecule has 15 heavy (non-hydrogen) atoms. The highest BCUT2D eigenvalue weighted by atomic mass is 15.1. The summed E-state index contributed by atoms with van der Waals surface area (Å²) in [6.45, 7) is 3.46. The van der Waals surface area contributed by atoms with Crippen LogP contribution in [0.5, 0.6) is 0 Å². The van der Waals surface area contributed by atoms with E-state index in [-0.39, 0.29) is 0 Å². The zero-order chi connectivity index (χ0) is 10.8. The number of hydrogen-bond acceptors (Lipinski definition) is 2. The van der Waals surface area contributed by atoms with E-state index in [9.17, 15) is 0 Å². The monoisotopic (exact) mass is 204 g/mol. The molecule has 1 saturated heterocycles. The molecule has 82 valence electrons. The molecule has 2 rings (SSSR count). The molecule has 1 aliphatic heterocycles. The normalized spacial score (nSPS) is 25.5. The van der Waals surface area contributed by atoms with Crippen LogP contribution in [0.3, 0.4) is 0 Å². The Labute approximate surface area is 92.3 Å². The summed E-state index contributed by atoms with van der Waals surface area (Å²) in [5.74, 6) is 0.809. The van der Waals surface area contributed by atoms with E-state index in [1.807, 2.05) is 0 Å². The number of nitrogens with zero attached hydrogens (tertiary/aromatic N) is 1. The first-order chi connectivity index (χ1) is 7.16. The minimum atomic E-state index is 0.566. The predicted molar refractivity (Wildman–Crippen MR) is 65.3 cm³/mol. The van der Waals surface area contributed by atoms with Gasteiger partial charge in [-0.2, -0.15) is 0 Å². The van der Waals surface area contributed by atoms with Crippen LogP contribution in [0.25, 0.3) is 0 Å². The molecule has 0 aliphatic carbocycles. The fraction of sp³-hybridized carbons (Fsp3) is 0.538. The summed E-state index contributed by atoms with van der Waals surface area (Å²) in [5, 5.41) is 3.56. The maximum atomic E-state index is 3.56. The van der Waals surface area contributed by atoms with Crippen LogP contribution >= 0.6 is 0 Å². The summed E-state index contributed by atoms with van der Waals surface area (Å²) in [7, 11) is 4.15. The molecule has 0 bridgehead atoms. The van der Waals surface area contributed by atoms with Crippen molar-refractivity contribution in [1.82, 2.24) is 5.32 Å². The first-order valence-electron chi connectivity index (χ1n) is 5.67. The smallest absolute Gasteiger partial charge is 0.0361 e. The van der Waals surface area contributed by atoms with Gasteiger partial charge in [-0.3, -0.25) is 0 Å². The molecule has 1 aliphatic rings.